The Bertz CT molecular complexity index is 929. The van der Waals surface area contributed by atoms with Gasteiger partial charge in [-0.25, -0.2) is 4.90 Å². The summed E-state index contributed by atoms with van der Waals surface area (Å²) in [5.74, 6) is -0.217. The SMILES string of the molecule is CN(CCC(COc1ccccc1CCc1cccc(OC(F)(F)F)c1)OC(F)(F)F)C(F)(F)F. The molecule has 1 atom stereocenters. The van der Waals surface area contributed by atoms with Crippen molar-refractivity contribution in [3.05, 3.63) is 59.7 Å². The highest BCUT2D eigenvalue weighted by atomic mass is 19.4. The average Bonchev–Trinajstić information content (AvgIpc) is 2.72. The molecule has 0 spiro atoms. The van der Waals surface area contributed by atoms with Crippen molar-refractivity contribution in [2.75, 3.05) is 20.2 Å². The molecule has 0 aliphatic carbocycles. The summed E-state index contributed by atoms with van der Waals surface area (Å²) in [6.07, 6.45) is -16.4. The van der Waals surface area contributed by atoms with Crippen LogP contribution in [0.1, 0.15) is 17.5 Å². The minimum Gasteiger partial charge on any atom is -0.491 e. The lowest BCUT2D eigenvalue weighted by molar-refractivity contribution is -0.346. The summed E-state index contributed by atoms with van der Waals surface area (Å²) >= 11 is 0. The lowest BCUT2D eigenvalue weighted by atomic mass is 10.0. The first-order chi connectivity index (χ1) is 16.1. The molecular formula is C22H22F9NO3. The molecule has 2 rings (SSSR count). The molecule has 2 aromatic carbocycles. The van der Waals surface area contributed by atoms with Crippen LogP contribution in [0.5, 0.6) is 11.5 Å². The van der Waals surface area contributed by atoms with E-state index in [0.717, 1.165) is 6.07 Å². The first-order valence-electron chi connectivity index (χ1n) is 10.2. The summed E-state index contributed by atoms with van der Waals surface area (Å²) in [4.78, 5) is -0.0652. The normalized spacial score (nSPS) is 13.7. The van der Waals surface area contributed by atoms with E-state index in [0.29, 0.717) is 18.2 Å². The monoisotopic (exact) mass is 519 g/mol. The number of rotatable bonds is 11. The maximum atomic E-state index is 12.7. The fourth-order valence-corrected chi connectivity index (χ4v) is 3.04. The molecule has 0 radical (unpaired) electrons. The van der Waals surface area contributed by atoms with Gasteiger partial charge >= 0.3 is 19.0 Å². The van der Waals surface area contributed by atoms with Gasteiger partial charge in [0.15, 0.2) is 0 Å². The molecule has 0 aliphatic heterocycles. The summed E-state index contributed by atoms with van der Waals surface area (Å²) in [5, 5.41) is 0. The number of hydrogen-bond acceptors (Lipinski definition) is 4. The van der Waals surface area contributed by atoms with Crippen molar-refractivity contribution < 1.29 is 53.7 Å². The Morgan fingerprint density at radius 1 is 0.829 bits per heavy atom. The number of nitrogens with zero attached hydrogens (tertiary/aromatic N) is 1. The van der Waals surface area contributed by atoms with Crippen molar-refractivity contribution in [3.8, 4) is 11.5 Å². The Balaban J connectivity index is 2.03. The minimum atomic E-state index is -5.08. The first-order valence-corrected chi connectivity index (χ1v) is 10.2. The second-order valence-electron chi connectivity index (χ2n) is 7.48. The van der Waals surface area contributed by atoms with Crippen LogP contribution in [0.2, 0.25) is 0 Å². The fourth-order valence-electron chi connectivity index (χ4n) is 3.04. The standard InChI is InChI=1S/C22H22F9NO3/c1-32(20(23,24)25)12-11-18(35-22(29,30)31)14-33-19-8-3-2-6-16(19)10-9-15-5-4-7-17(13-15)34-21(26,27)28/h2-8,13,18H,9-12,14H2,1H3. The van der Waals surface area contributed by atoms with Gasteiger partial charge in [0, 0.05) is 6.54 Å². The van der Waals surface area contributed by atoms with Crippen molar-refractivity contribution in [1.29, 1.82) is 0 Å². The topological polar surface area (TPSA) is 30.9 Å². The van der Waals surface area contributed by atoms with Gasteiger partial charge in [-0.1, -0.05) is 30.3 Å². The van der Waals surface area contributed by atoms with E-state index in [2.05, 4.69) is 9.47 Å². The number of hydrogen-bond donors (Lipinski definition) is 0. The molecular weight excluding hydrogens is 497 g/mol. The van der Waals surface area contributed by atoms with E-state index < -0.39 is 50.5 Å². The Labute approximate surface area is 195 Å². The quantitative estimate of drug-likeness (QED) is 0.251. The minimum absolute atomic E-state index is 0.0652. The Hall–Kier alpha value is -2.67. The number of benzene rings is 2. The Morgan fingerprint density at radius 2 is 1.51 bits per heavy atom. The molecule has 0 saturated carbocycles. The molecule has 13 heteroatoms. The molecule has 0 bridgehead atoms. The largest absolute Gasteiger partial charge is 0.573 e. The number of alkyl halides is 9. The van der Waals surface area contributed by atoms with Crippen molar-refractivity contribution in [1.82, 2.24) is 4.90 Å². The van der Waals surface area contributed by atoms with Crippen LogP contribution in [0.25, 0.3) is 0 Å². The second kappa shape index (κ2) is 11.8. The summed E-state index contributed by atoms with van der Waals surface area (Å²) in [7, 11) is 0.704. The van der Waals surface area contributed by atoms with E-state index in [1.807, 2.05) is 0 Å². The molecule has 0 amide bonds. The summed E-state index contributed by atoms with van der Waals surface area (Å²) in [6, 6.07) is 11.6. The number of aryl methyl sites for hydroxylation is 2. The van der Waals surface area contributed by atoms with Crippen molar-refractivity contribution >= 4 is 0 Å². The maximum Gasteiger partial charge on any atom is 0.573 e. The fraction of sp³-hybridized carbons (Fsp3) is 0.455. The second-order valence-corrected chi connectivity index (χ2v) is 7.48. The van der Waals surface area contributed by atoms with Gasteiger partial charge < -0.3 is 9.47 Å². The molecule has 0 heterocycles. The van der Waals surface area contributed by atoms with Gasteiger partial charge in [-0.2, -0.15) is 13.2 Å². The van der Waals surface area contributed by atoms with Crippen LogP contribution >= 0.6 is 0 Å². The highest BCUT2D eigenvalue weighted by Crippen LogP contribution is 2.27. The summed E-state index contributed by atoms with van der Waals surface area (Å²) < 4.78 is 127. The molecule has 1 unspecified atom stereocenters. The molecule has 2 aromatic rings. The zero-order valence-electron chi connectivity index (χ0n) is 18.3. The van der Waals surface area contributed by atoms with E-state index in [1.165, 1.54) is 18.2 Å². The maximum absolute atomic E-state index is 12.7. The van der Waals surface area contributed by atoms with E-state index in [-0.39, 0.29) is 23.5 Å². The molecule has 0 fully saturated rings. The van der Waals surface area contributed by atoms with Gasteiger partial charge in [-0.3, -0.25) is 4.74 Å². The summed E-state index contributed by atoms with van der Waals surface area (Å²) in [6.45, 7) is -1.41. The lowest BCUT2D eigenvalue weighted by Crippen LogP contribution is -2.38. The molecule has 0 aromatic heterocycles. The molecule has 0 N–H and O–H groups in total. The highest BCUT2D eigenvalue weighted by molar-refractivity contribution is 5.35. The van der Waals surface area contributed by atoms with E-state index in [4.69, 9.17) is 4.74 Å². The van der Waals surface area contributed by atoms with Crippen LogP contribution < -0.4 is 9.47 Å². The van der Waals surface area contributed by atoms with Gasteiger partial charge in [0.2, 0.25) is 0 Å². The number of ether oxygens (including phenoxy) is 3. The van der Waals surface area contributed by atoms with E-state index in [9.17, 15) is 39.5 Å². The molecule has 0 saturated heterocycles. The third-order valence-electron chi connectivity index (χ3n) is 4.73. The van der Waals surface area contributed by atoms with Gasteiger partial charge in [-0.15, -0.1) is 26.3 Å². The third-order valence-corrected chi connectivity index (χ3v) is 4.73. The van der Waals surface area contributed by atoms with Gasteiger partial charge in [-0.05, 0) is 55.6 Å². The molecule has 0 aliphatic rings. The zero-order valence-corrected chi connectivity index (χ0v) is 18.3. The number of para-hydroxylation sites is 1. The van der Waals surface area contributed by atoms with Crippen LogP contribution in [0.3, 0.4) is 0 Å². The third kappa shape index (κ3) is 11.1. The first kappa shape index (κ1) is 28.6. The average molecular weight is 519 g/mol. The van der Waals surface area contributed by atoms with Gasteiger partial charge in [0.25, 0.3) is 0 Å². The predicted octanol–water partition coefficient (Wildman–Crippen LogP) is 6.50. The van der Waals surface area contributed by atoms with E-state index in [1.54, 1.807) is 24.3 Å². The van der Waals surface area contributed by atoms with Gasteiger partial charge in [0.1, 0.15) is 24.2 Å². The molecule has 4 nitrogen and oxygen atoms in total. The highest BCUT2D eigenvalue weighted by Gasteiger charge is 2.37. The summed E-state index contributed by atoms with van der Waals surface area (Å²) in [5.41, 5.74) is 1.04. The predicted molar refractivity (Wildman–Crippen MR) is 107 cm³/mol. The Kier molecular flexibility index (Phi) is 9.67. The van der Waals surface area contributed by atoms with Crippen molar-refractivity contribution in [3.63, 3.8) is 0 Å². The molecule has 35 heavy (non-hydrogen) atoms. The van der Waals surface area contributed by atoms with Crippen LogP contribution in [-0.2, 0) is 17.6 Å². The number of halogens is 9. The van der Waals surface area contributed by atoms with Crippen molar-refractivity contribution in [2.24, 2.45) is 0 Å². The van der Waals surface area contributed by atoms with Crippen LogP contribution in [-0.4, -0.2) is 50.2 Å². The van der Waals surface area contributed by atoms with Crippen molar-refractivity contribution in [2.45, 2.75) is 44.4 Å². The van der Waals surface area contributed by atoms with E-state index >= 15 is 0 Å². The molecule has 196 valence electrons. The Morgan fingerprint density at radius 3 is 2.14 bits per heavy atom. The zero-order chi connectivity index (χ0) is 26.3. The van der Waals surface area contributed by atoms with Crippen LogP contribution in [0.4, 0.5) is 39.5 Å². The van der Waals surface area contributed by atoms with Gasteiger partial charge in [0.05, 0.1) is 0 Å². The van der Waals surface area contributed by atoms with Crippen LogP contribution in [0.15, 0.2) is 48.5 Å². The lowest BCUT2D eigenvalue weighted by Gasteiger charge is -2.24. The van der Waals surface area contributed by atoms with Crippen LogP contribution in [0, 0.1) is 0 Å². The smallest absolute Gasteiger partial charge is 0.491 e.